The molecule has 0 aliphatic rings. The highest BCUT2D eigenvalue weighted by Gasteiger charge is 2.19. The van der Waals surface area contributed by atoms with E-state index in [1.54, 1.807) is 6.92 Å². The van der Waals surface area contributed by atoms with Gasteiger partial charge in [-0.15, -0.1) is 0 Å². The van der Waals surface area contributed by atoms with Crippen LogP contribution in [0.4, 0.5) is 0 Å². The van der Waals surface area contributed by atoms with Gasteiger partial charge in [0.05, 0.1) is 13.0 Å². The predicted molar refractivity (Wildman–Crippen MR) is 75.4 cm³/mol. The zero-order chi connectivity index (χ0) is 14.8. The zero-order valence-corrected chi connectivity index (χ0v) is 11.7. The first-order valence-electron chi connectivity index (χ1n) is 6.79. The number of hydrogen-bond donors (Lipinski definition) is 2. The number of aliphatic carboxylic acids is 1. The second-order valence-corrected chi connectivity index (χ2v) is 4.43. The second-order valence-electron chi connectivity index (χ2n) is 4.43. The summed E-state index contributed by atoms with van der Waals surface area (Å²) in [4.78, 5) is 22.3. The van der Waals surface area contributed by atoms with Crippen LogP contribution in [0, 0.1) is 0 Å². The minimum atomic E-state index is -0.886. The molecule has 0 saturated carbocycles. The van der Waals surface area contributed by atoms with E-state index in [0.717, 1.165) is 12.0 Å². The van der Waals surface area contributed by atoms with Crippen molar-refractivity contribution in [1.29, 1.82) is 0 Å². The van der Waals surface area contributed by atoms with Crippen LogP contribution in [-0.4, -0.2) is 36.2 Å². The van der Waals surface area contributed by atoms with E-state index in [2.05, 4.69) is 5.32 Å². The number of nitrogens with one attached hydrogen (secondary N) is 1. The lowest BCUT2D eigenvalue weighted by Gasteiger charge is -2.16. The lowest BCUT2D eigenvalue weighted by atomic mass is 10.1. The topological polar surface area (TPSA) is 75.6 Å². The highest BCUT2D eigenvalue weighted by molar-refractivity contribution is 5.76. The molecule has 2 N–H and O–H groups in total. The summed E-state index contributed by atoms with van der Waals surface area (Å²) in [5.74, 6) is -1.21. The molecule has 1 atom stereocenters. The third-order valence-corrected chi connectivity index (χ3v) is 2.87. The minimum Gasteiger partial charge on any atom is -0.481 e. The van der Waals surface area contributed by atoms with Crippen LogP contribution in [0.15, 0.2) is 30.3 Å². The molecule has 0 aromatic heterocycles. The third kappa shape index (κ3) is 6.33. The van der Waals surface area contributed by atoms with Crippen molar-refractivity contribution < 1.29 is 19.4 Å². The van der Waals surface area contributed by atoms with Crippen LogP contribution in [0.25, 0.3) is 0 Å². The number of hydrogen-bond acceptors (Lipinski definition) is 4. The Morgan fingerprint density at radius 1 is 1.30 bits per heavy atom. The molecule has 1 unspecified atom stereocenters. The van der Waals surface area contributed by atoms with E-state index in [9.17, 15) is 9.59 Å². The molecule has 0 radical (unpaired) electrons. The van der Waals surface area contributed by atoms with Gasteiger partial charge in [0.25, 0.3) is 0 Å². The summed E-state index contributed by atoms with van der Waals surface area (Å²) < 4.78 is 5.00. The van der Waals surface area contributed by atoms with E-state index in [1.165, 1.54) is 0 Å². The SMILES string of the molecule is CCOC(=O)C(CCc1ccccc1)NCCC(=O)O. The Balaban J connectivity index is 2.48. The maximum absolute atomic E-state index is 11.8. The summed E-state index contributed by atoms with van der Waals surface area (Å²) in [7, 11) is 0. The monoisotopic (exact) mass is 279 g/mol. The van der Waals surface area contributed by atoms with E-state index >= 15 is 0 Å². The van der Waals surface area contributed by atoms with Crippen molar-refractivity contribution in [1.82, 2.24) is 5.32 Å². The van der Waals surface area contributed by atoms with Gasteiger partial charge in [-0.1, -0.05) is 30.3 Å². The average Bonchev–Trinajstić information content (AvgIpc) is 2.43. The van der Waals surface area contributed by atoms with Gasteiger partial charge < -0.3 is 15.2 Å². The summed E-state index contributed by atoms with van der Waals surface area (Å²) in [6, 6.07) is 9.38. The van der Waals surface area contributed by atoms with Crippen molar-refractivity contribution in [3.8, 4) is 0 Å². The Morgan fingerprint density at radius 2 is 2.00 bits per heavy atom. The Bertz CT molecular complexity index is 419. The first-order chi connectivity index (χ1) is 9.63. The summed E-state index contributed by atoms with van der Waals surface area (Å²) in [6.07, 6.45) is 1.31. The van der Waals surface area contributed by atoms with Crippen molar-refractivity contribution in [2.45, 2.75) is 32.2 Å². The van der Waals surface area contributed by atoms with Crippen LogP contribution in [0.1, 0.15) is 25.3 Å². The van der Waals surface area contributed by atoms with Crippen molar-refractivity contribution in [2.24, 2.45) is 0 Å². The van der Waals surface area contributed by atoms with Gasteiger partial charge in [-0.2, -0.15) is 0 Å². The van der Waals surface area contributed by atoms with Crippen LogP contribution in [0.2, 0.25) is 0 Å². The largest absolute Gasteiger partial charge is 0.481 e. The number of carboxylic acids is 1. The Morgan fingerprint density at radius 3 is 2.60 bits per heavy atom. The van der Waals surface area contributed by atoms with Gasteiger partial charge in [-0.05, 0) is 25.3 Å². The van der Waals surface area contributed by atoms with Crippen LogP contribution >= 0.6 is 0 Å². The van der Waals surface area contributed by atoms with E-state index in [1.807, 2.05) is 30.3 Å². The van der Waals surface area contributed by atoms with Gasteiger partial charge in [0.15, 0.2) is 0 Å². The Kier molecular flexibility index (Phi) is 7.35. The van der Waals surface area contributed by atoms with E-state index < -0.39 is 12.0 Å². The zero-order valence-electron chi connectivity index (χ0n) is 11.7. The predicted octanol–water partition coefficient (Wildman–Crippen LogP) is 1.62. The average molecular weight is 279 g/mol. The summed E-state index contributed by atoms with van der Waals surface area (Å²) in [5, 5.41) is 11.6. The fraction of sp³-hybridized carbons (Fsp3) is 0.467. The molecule has 0 fully saturated rings. The number of benzene rings is 1. The van der Waals surface area contributed by atoms with E-state index in [-0.39, 0.29) is 18.9 Å². The van der Waals surface area contributed by atoms with Gasteiger partial charge in [0.1, 0.15) is 6.04 Å². The van der Waals surface area contributed by atoms with Gasteiger partial charge in [0.2, 0.25) is 0 Å². The van der Waals surface area contributed by atoms with Gasteiger partial charge in [-0.3, -0.25) is 9.59 Å². The highest BCUT2D eigenvalue weighted by atomic mass is 16.5. The first kappa shape index (κ1) is 16.2. The Labute approximate surface area is 118 Å². The standard InChI is InChI=1S/C15H21NO4/c1-2-20-15(19)13(16-11-10-14(17)18)9-8-12-6-4-3-5-7-12/h3-7,13,16H,2,8-11H2,1H3,(H,17,18). The maximum Gasteiger partial charge on any atom is 0.323 e. The molecule has 20 heavy (non-hydrogen) atoms. The number of esters is 1. The summed E-state index contributed by atoms with van der Waals surface area (Å²) in [5.41, 5.74) is 1.14. The van der Waals surface area contributed by atoms with Crippen LogP contribution in [0.3, 0.4) is 0 Å². The van der Waals surface area contributed by atoms with Gasteiger partial charge in [-0.25, -0.2) is 0 Å². The number of ether oxygens (including phenoxy) is 1. The molecule has 0 aliphatic heterocycles. The van der Waals surface area contributed by atoms with Crippen molar-refractivity contribution in [2.75, 3.05) is 13.2 Å². The van der Waals surface area contributed by atoms with E-state index in [0.29, 0.717) is 13.0 Å². The van der Waals surface area contributed by atoms with E-state index in [4.69, 9.17) is 9.84 Å². The van der Waals surface area contributed by atoms with Crippen molar-refractivity contribution >= 4 is 11.9 Å². The number of carbonyl (C=O) groups is 2. The maximum atomic E-state index is 11.8. The third-order valence-electron chi connectivity index (χ3n) is 2.87. The van der Waals surface area contributed by atoms with Crippen molar-refractivity contribution in [3.63, 3.8) is 0 Å². The molecule has 0 heterocycles. The molecule has 110 valence electrons. The quantitative estimate of drug-likeness (QED) is 0.672. The molecule has 1 aromatic rings. The fourth-order valence-corrected chi connectivity index (χ4v) is 1.86. The summed E-state index contributed by atoms with van der Waals surface area (Å²) in [6.45, 7) is 2.33. The Hall–Kier alpha value is -1.88. The molecule has 0 spiro atoms. The van der Waals surface area contributed by atoms with Crippen LogP contribution < -0.4 is 5.32 Å². The number of carboxylic acid groups (broad SMARTS) is 1. The normalized spacial score (nSPS) is 11.8. The number of carbonyl (C=O) groups excluding carboxylic acids is 1. The molecule has 0 aliphatic carbocycles. The molecule has 5 nitrogen and oxygen atoms in total. The first-order valence-corrected chi connectivity index (χ1v) is 6.79. The lowest BCUT2D eigenvalue weighted by molar-refractivity contribution is -0.146. The second kappa shape index (κ2) is 9.09. The highest BCUT2D eigenvalue weighted by Crippen LogP contribution is 2.06. The minimum absolute atomic E-state index is 0.0127. The molecule has 1 rings (SSSR count). The van der Waals surface area contributed by atoms with Gasteiger partial charge >= 0.3 is 11.9 Å². The van der Waals surface area contributed by atoms with Crippen LogP contribution in [0.5, 0.6) is 0 Å². The molecule has 0 saturated heterocycles. The number of rotatable bonds is 9. The van der Waals surface area contributed by atoms with Crippen molar-refractivity contribution in [3.05, 3.63) is 35.9 Å². The lowest BCUT2D eigenvalue weighted by Crippen LogP contribution is -2.39. The fourth-order valence-electron chi connectivity index (χ4n) is 1.86. The molecule has 1 aromatic carbocycles. The number of aryl methyl sites for hydroxylation is 1. The molecular formula is C15H21NO4. The van der Waals surface area contributed by atoms with Crippen LogP contribution in [-0.2, 0) is 20.7 Å². The summed E-state index contributed by atoms with van der Waals surface area (Å²) >= 11 is 0. The molecular weight excluding hydrogens is 258 g/mol. The molecule has 5 heteroatoms. The molecule has 0 amide bonds. The molecule has 0 bridgehead atoms. The van der Waals surface area contributed by atoms with Gasteiger partial charge in [0, 0.05) is 6.54 Å². The smallest absolute Gasteiger partial charge is 0.323 e.